The van der Waals surface area contributed by atoms with E-state index in [1.165, 1.54) is 0 Å². The van der Waals surface area contributed by atoms with Gasteiger partial charge < -0.3 is 15.3 Å². The Balaban J connectivity index is 2.89. The van der Waals surface area contributed by atoms with Gasteiger partial charge in [0.15, 0.2) is 0 Å². The van der Waals surface area contributed by atoms with E-state index in [0.29, 0.717) is 6.54 Å². The quantitative estimate of drug-likeness (QED) is 0.708. The predicted octanol–water partition coefficient (Wildman–Crippen LogP) is 1.92. The lowest BCUT2D eigenvalue weighted by Crippen LogP contribution is -2.57. The Bertz CT molecular complexity index is 271. The summed E-state index contributed by atoms with van der Waals surface area (Å²) in [5.74, 6) is 0.203. The average molecular weight is 270 g/mol. The smallest absolute Gasteiger partial charge is 0.243 e. The SMILES string of the molecule is CCCC1(C(=O)N(CCO)C(CC)CC)CCCN1. The number of nitrogens with zero attached hydrogens (tertiary/aromatic N) is 1. The van der Waals surface area contributed by atoms with Crippen molar-refractivity contribution in [2.45, 2.75) is 70.9 Å². The van der Waals surface area contributed by atoms with E-state index in [-0.39, 0.29) is 24.1 Å². The fourth-order valence-electron chi connectivity index (χ4n) is 3.30. The van der Waals surface area contributed by atoms with Crippen molar-refractivity contribution in [1.82, 2.24) is 10.2 Å². The van der Waals surface area contributed by atoms with E-state index in [9.17, 15) is 9.90 Å². The molecule has 0 radical (unpaired) electrons. The van der Waals surface area contributed by atoms with Gasteiger partial charge in [-0.3, -0.25) is 4.79 Å². The molecular weight excluding hydrogens is 240 g/mol. The Morgan fingerprint density at radius 1 is 1.37 bits per heavy atom. The minimum atomic E-state index is -0.369. The third-order valence-corrected chi connectivity index (χ3v) is 4.31. The van der Waals surface area contributed by atoms with Crippen molar-refractivity contribution in [3.63, 3.8) is 0 Å². The highest BCUT2D eigenvalue weighted by atomic mass is 16.3. The Hall–Kier alpha value is -0.610. The fourth-order valence-corrected chi connectivity index (χ4v) is 3.30. The molecule has 1 heterocycles. The summed E-state index contributed by atoms with van der Waals surface area (Å²) in [6.07, 6.45) is 5.81. The Morgan fingerprint density at radius 2 is 2.05 bits per heavy atom. The molecule has 1 amide bonds. The second-order valence-electron chi connectivity index (χ2n) is 5.55. The monoisotopic (exact) mass is 270 g/mol. The highest BCUT2D eigenvalue weighted by molar-refractivity contribution is 5.87. The molecule has 1 saturated heterocycles. The van der Waals surface area contributed by atoms with Crippen LogP contribution >= 0.6 is 0 Å². The minimum absolute atomic E-state index is 0.0461. The highest BCUT2D eigenvalue weighted by Crippen LogP contribution is 2.28. The molecule has 2 N–H and O–H groups in total. The summed E-state index contributed by atoms with van der Waals surface area (Å²) >= 11 is 0. The van der Waals surface area contributed by atoms with Crippen LogP contribution in [0, 0.1) is 0 Å². The lowest BCUT2D eigenvalue weighted by atomic mass is 9.89. The van der Waals surface area contributed by atoms with Crippen LogP contribution in [0.2, 0.25) is 0 Å². The molecule has 112 valence electrons. The Morgan fingerprint density at radius 3 is 2.47 bits per heavy atom. The summed E-state index contributed by atoms with van der Waals surface area (Å²) < 4.78 is 0. The summed E-state index contributed by atoms with van der Waals surface area (Å²) in [4.78, 5) is 14.9. The minimum Gasteiger partial charge on any atom is -0.395 e. The number of aliphatic hydroxyl groups is 1. The number of carbonyl (C=O) groups is 1. The van der Waals surface area contributed by atoms with E-state index < -0.39 is 0 Å². The second-order valence-corrected chi connectivity index (χ2v) is 5.55. The van der Waals surface area contributed by atoms with Gasteiger partial charge in [0.25, 0.3) is 0 Å². The van der Waals surface area contributed by atoms with Crippen LogP contribution in [-0.2, 0) is 4.79 Å². The van der Waals surface area contributed by atoms with E-state index in [4.69, 9.17) is 0 Å². The number of amides is 1. The molecule has 19 heavy (non-hydrogen) atoms. The number of hydrogen-bond acceptors (Lipinski definition) is 3. The van der Waals surface area contributed by atoms with Gasteiger partial charge in [-0.25, -0.2) is 0 Å². The van der Waals surface area contributed by atoms with Crippen molar-refractivity contribution >= 4 is 5.91 Å². The first-order valence-electron chi connectivity index (χ1n) is 7.82. The first-order valence-corrected chi connectivity index (χ1v) is 7.82. The van der Waals surface area contributed by atoms with E-state index in [1.807, 2.05) is 4.90 Å². The standard InChI is InChI=1S/C15H30N2O2/c1-4-8-15(9-7-10-16-15)14(19)17(11-12-18)13(5-2)6-3/h13,16,18H,4-12H2,1-3H3. The van der Waals surface area contributed by atoms with Crippen LogP contribution in [-0.4, -0.2) is 47.2 Å². The van der Waals surface area contributed by atoms with Crippen molar-refractivity contribution in [1.29, 1.82) is 0 Å². The van der Waals surface area contributed by atoms with E-state index in [2.05, 4.69) is 26.1 Å². The summed E-state index contributed by atoms with van der Waals surface area (Å²) in [7, 11) is 0. The van der Waals surface area contributed by atoms with Crippen LogP contribution in [0.25, 0.3) is 0 Å². The third-order valence-electron chi connectivity index (χ3n) is 4.31. The van der Waals surface area contributed by atoms with Gasteiger partial charge in [0, 0.05) is 12.6 Å². The molecule has 0 aromatic rings. The molecule has 1 aliphatic heterocycles. The van der Waals surface area contributed by atoms with Crippen molar-refractivity contribution in [3.8, 4) is 0 Å². The molecule has 0 aromatic carbocycles. The zero-order valence-electron chi connectivity index (χ0n) is 12.7. The van der Waals surface area contributed by atoms with Gasteiger partial charge >= 0.3 is 0 Å². The maximum atomic E-state index is 13.0. The van der Waals surface area contributed by atoms with Gasteiger partial charge in [-0.05, 0) is 38.6 Å². The number of hydrogen-bond donors (Lipinski definition) is 2. The molecule has 4 nitrogen and oxygen atoms in total. The normalized spacial score (nSPS) is 23.0. The van der Waals surface area contributed by atoms with Crippen molar-refractivity contribution in [2.24, 2.45) is 0 Å². The summed E-state index contributed by atoms with van der Waals surface area (Å²) in [5, 5.41) is 12.7. The largest absolute Gasteiger partial charge is 0.395 e. The molecule has 0 aromatic heterocycles. The number of carbonyl (C=O) groups excluding carboxylic acids is 1. The number of rotatable bonds is 8. The topological polar surface area (TPSA) is 52.6 Å². The number of aliphatic hydroxyl groups excluding tert-OH is 1. The number of nitrogens with one attached hydrogen (secondary N) is 1. The summed E-state index contributed by atoms with van der Waals surface area (Å²) in [6, 6.07) is 0.246. The molecular formula is C15H30N2O2. The van der Waals surface area contributed by atoms with Crippen molar-refractivity contribution in [2.75, 3.05) is 19.7 Å². The van der Waals surface area contributed by atoms with Crippen LogP contribution < -0.4 is 5.32 Å². The maximum Gasteiger partial charge on any atom is 0.243 e. The summed E-state index contributed by atoms with van der Waals surface area (Å²) in [5.41, 5.74) is -0.369. The zero-order chi connectivity index (χ0) is 14.3. The molecule has 0 spiro atoms. The van der Waals surface area contributed by atoms with Crippen LogP contribution in [0.1, 0.15) is 59.3 Å². The first kappa shape index (κ1) is 16.4. The Labute approximate surface area is 117 Å². The predicted molar refractivity (Wildman–Crippen MR) is 78.0 cm³/mol. The highest BCUT2D eigenvalue weighted by Gasteiger charge is 2.43. The van der Waals surface area contributed by atoms with Crippen molar-refractivity contribution in [3.05, 3.63) is 0 Å². The molecule has 0 aliphatic carbocycles. The van der Waals surface area contributed by atoms with Crippen LogP contribution in [0.4, 0.5) is 0 Å². The van der Waals surface area contributed by atoms with Crippen LogP contribution in [0.3, 0.4) is 0 Å². The Kier molecular flexibility index (Phi) is 6.80. The second kappa shape index (κ2) is 7.85. The van der Waals surface area contributed by atoms with Crippen LogP contribution in [0.5, 0.6) is 0 Å². The molecule has 1 atom stereocenters. The van der Waals surface area contributed by atoms with Gasteiger partial charge in [0.1, 0.15) is 0 Å². The van der Waals surface area contributed by atoms with Gasteiger partial charge in [-0.1, -0.05) is 27.2 Å². The molecule has 0 saturated carbocycles. The molecule has 0 bridgehead atoms. The van der Waals surface area contributed by atoms with E-state index >= 15 is 0 Å². The van der Waals surface area contributed by atoms with Gasteiger partial charge in [-0.15, -0.1) is 0 Å². The van der Waals surface area contributed by atoms with Gasteiger partial charge in [0.2, 0.25) is 5.91 Å². The van der Waals surface area contributed by atoms with Gasteiger partial charge in [0.05, 0.1) is 12.1 Å². The lowest BCUT2D eigenvalue weighted by Gasteiger charge is -2.38. The molecule has 1 unspecified atom stereocenters. The van der Waals surface area contributed by atoms with E-state index in [1.54, 1.807) is 0 Å². The van der Waals surface area contributed by atoms with Crippen LogP contribution in [0.15, 0.2) is 0 Å². The molecule has 4 heteroatoms. The van der Waals surface area contributed by atoms with E-state index in [0.717, 1.165) is 45.1 Å². The maximum absolute atomic E-state index is 13.0. The molecule has 1 fully saturated rings. The van der Waals surface area contributed by atoms with Crippen molar-refractivity contribution < 1.29 is 9.90 Å². The molecule has 1 rings (SSSR count). The fraction of sp³-hybridized carbons (Fsp3) is 0.933. The summed E-state index contributed by atoms with van der Waals surface area (Å²) in [6.45, 7) is 7.79. The zero-order valence-corrected chi connectivity index (χ0v) is 12.7. The van der Waals surface area contributed by atoms with Gasteiger partial charge in [-0.2, -0.15) is 0 Å². The molecule has 1 aliphatic rings. The third kappa shape index (κ3) is 3.69. The first-order chi connectivity index (χ1) is 9.15. The lowest BCUT2D eigenvalue weighted by molar-refractivity contribution is -0.141. The average Bonchev–Trinajstić information content (AvgIpc) is 2.88.